The third-order valence-corrected chi connectivity index (χ3v) is 8.86. The molecular formula is C21H24N4O4S3. The molecular weight excluding hydrogens is 468 g/mol. The summed E-state index contributed by atoms with van der Waals surface area (Å²) in [6.07, 6.45) is 0. The first kappa shape index (κ1) is 23.0. The van der Waals surface area contributed by atoms with Gasteiger partial charge in [-0.1, -0.05) is 47.4 Å². The highest BCUT2D eigenvalue weighted by atomic mass is 32.2. The third-order valence-electron chi connectivity index (χ3n) is 4.88. The van der Waals surface area contributed by atoms with Gasteiger partial charge >= 0.3 is 0 Å². The predicted octanol–water partition coefficient (Wildman–Crippen LogP) is 3.47. The van der Waals surface area contributed by atoms with Crippen molar-refractivity contribution in [2.24, 2.45) is 0 Å². The monoisotopic (exact) mass is 492 g/mol. The molecule has 0 unspecified atom stereocenters. The van der Waals surface area contributed by atoms with Gasteiger partial charge in [-0.2, -0.15) is 4.31 Å². The Hall–Kier alpha value is -2.18. The number of ether oxygens (including phenoxy) is 2. The molecule has 0 spiro atoms. The summed E-state index contributed by atoms with van der Waals surface area (Å²) < 4.78 is 38.5. The standard InChI is InChI=1S/C21H24N4O4S3/c1-28-18-7-5-16(6-8-18)14-22-20-23-24-21(31-20)30-15-17-3-2-4-19(13-17)32(26,27)25-9-11-29-12-10-25/h2-8,13H,9-12,14-15H2,1H3,(H,22,23). The number of methoxy groups -OCH3 is 1. The number of anilines is 1. The van der Waals surface area contributed by atoms with Crippen LogP contribution in [0.5, 0.6) is 5.75 Å². The lowest BCUT2D eigenvalue weighted by Crippen LogP contribution is -2.40. The zero-order valence-electron chi connectivity index (χ0n) is 17.6. The molecule has 2 aromatic carbocycles. The number of morpholine rings is 1. The second kappa shape index (κ2) is 10.6. The Bertz CT molecular complexity index is 1130. The van der Waals surface area contributed by atoms with Crippen LogP contribution in [0.4, 0.5) is 5.13 Å². The van der Waals surface area contributed by atoms with E-state index in [1.807, 2.05) is 30.3 Å². The number of benzene rings is 2. The number of nitrogens with zero attached hydrogens (tertiary/aromatic N) is 3. The van der Waals surface area contributed by atoms with Crippen molar-refractivity contribution in [3.8, 4) is 5.75 Å². The topological polar surface area (TPSA) is 93.7 Å². The number of hydrogen-bond donors (Lipinski definition) is 1. The van der Waals surface area contributed by atoms with E-state index in [4.69, 9.17) is 9.47 Å². The molecule has 1 aliphatic heterocycles. The molecule has 170 valence electrons. The molecule has 8 nitrogen and oxygen atoms in total. The molecule has 32 heavy (non-hydrogen) atoms. The summed E-state index contributed by atoms with van der Waals surface area (Å²) in [6.45, 7) is 2.28. The second-order valence-corrected chi connectivity index (χ2v) is 11.2. The fourth-order valence-electron chi connectivity index (χ4n) is 3.14. The molecule has 2 heterocycles. The SMILES string of the molecule is COc1ccc(CNc2nnc(SCc3cccc(S(=O)(=O)N4CCOCC4)c3)s2)cc1. The van der Waals surface area contributed by atoms with Crippen molar-refractivity contribution in [1.82, 2.24) is 14.5 Å². The molecule has 3 aromatic rings. The minimum absolute atomic E-state index is 0.316. The molecule has 1 saturated heterocycles. The van der Waals surface area contributed by atoms with Crippen LogP contribution in [0.2, 0.25) is 0 Å². The molecule has 0 radical (unpaired) electrons. The minimum atomic E-state index is -3.50. The first-order valence-electron chi connectivity index (χ1n) is 10.0. The van der Waals surface area contributed by atoms with E-state index in [1.165, 1.54) is 27.4 Å². The Morgan fingerprint density at radius 2 is 1.91 bits per heavy atom. The largest absolute Gasteiger partial charge is 0.497 e. The van der Waals surface area contributed by atoms with Gasteiger partial charge in [0.25, 0.3) is 0 Å². The molecule has 11 heteroatoms. The molecule has 0 saturated carbocycles. The predicted molar refractivity (Wildman–Crippen MR) is 126 cm³/mol. The molecule has 4 rings (SSSR count). The Morgan fingerprint density at radius 1 is 1.12 bits per heavy atom. The second-order valence-electron chi connectivity index (χ2n) is 7.03. The summed E-state index contributed by atoms with van der Waals surface area (Å²) in [5.74, 6) is 1.43. The van der Waals surface area contributed by atoms with Gasteiger partial charge in [0.2, 0.25) is 15.2 Å². The molecule has 0 aliphatic carbocycles. The Morgan fingerprint density at radius 3 is 2.66 bits per heavy atom. The Kier molecular flexibility index (Phi) is 7.63. The molecule has 0 atom stereocenters. The summed E-state index contributed by atoms with van der Waals surface area (Å²) in [4.78, 5) is 0.316. The maximum atomic E-state index is 12.9. The molecule has 1 N–H and O–H groups in total. The van der Waals surface area contributed by atoms with Crippen molar-refractivity contribution in [2.75, 3.05) is 38.7 Å². The van der Waals surface area contributed by atoms with Gasteiger partial charge in [-0.3, -0.25) is 0 Å². The van der Waals surface area contributed by atoms with Gasteiger partial charge in [0.15, 0.2) is 4.34 Å². The third kappa shape index (κ3) is 5.78. The zero-order chi connectivity index (χ0) is 22.4. The molecule has 1 aromatic heterocycles. The van der Waals surface area contributed by atoms with Gasteiger partial charge in [0, 0.05) is 25.4 Å². The van der Waals surface area contributed by atoms with Crippen LogP contribution in [0.3, 0.4) is 0 Å². The molecule has 1 fully saturated rings. The zero-order valence-corrected chi connectivity index (χ0v) is 20.0. The van der Waals surface area contributed by atoms with E-state index < -0.39 is 10.0 Å². The van der Waals surface area contributed by atoms with Crippen molar-refractivity contribution in [3.05, 3.63) is 59.7 Å². The van der Waals surface area contributed by atoms with Crippen LogP contribution in [0.25, 0.3) is 0 Å². The average molecular weight is 493 g/mol. The van der Waals surface area contributed by atoms with E-state index >= 15 is 0 Å². The van der Waals surface area contributed by atoms with E-state index in [9.17, 15) is 8.42 Å². The van der Waals surface area contributed by atoms with E-state index in [0.29, 0.717) is 43.5 Å². The van der Waals surface area contributed by atoms with Crippen LogP contribution in [-0.4, -0.2) is 56.3 Å². The highest BCUT2D eigenvalue weighted by Crippen LogP contribution is 2.29. The Labute approximate surface area is 196 Å². The maximum Gasteiger partial charge on any atom is 0.243 e. The van der Waals surface area contributed by atoms with Crippen LogP contribution in [-0.2, 0) is 27.1 Å². The van der Waals surface area contributed by atoms with Gasteiger partial charge in [0.1, 0.15) is 5.75 Å². The van der Waals surface area contributed by atoms with Crippen LogP contribution in [0, 0.1) is 0 Å². The fraction of sp³-hybridized carbons (Fsp3) is 0.333. The highest BCUT2D eigenvalue weighted by Gasteiger charge is 2.26. The number of thioether (sulfide) groups is 1. The minimum Gasteiger partial charge on any atom is -0.497 e. The van der Waals surface area contributed by atoms with Gasteiger partial charge in [-0.15, -0.1) is 10.2 Å². The van der Waals surface area contributed by atoms with E-state index in [0.717, 1.165) is 26.3 Å². The number of rotatable bonds is 9. The highest BCUT2D eigenvalue weighted by molar-refractivity contribution is 8.00. The van der Waals surface area contributed by atoms with Gasteiger partial charge in [-0.25, -0.2) is 8.42 Å². The molecule has 0 bridgehead atoms. The van der Waals surface area contributed by atoms with Gasteiger partial charge < -0.3 is 14.8 Å². The number of sulfonamides is 1. The van der Waals surface area contributed by atoms with Crippen LogP contribution >= 0.6 is 23.1 Å². The summed E-state index contributed by atoms with van der Waals surface area (Å²) >= 11 is 3.01. The number of hydrogen-bond acceptors (Lipinski definition) is 9. The van der Waals surface area contributed by atoms with E-state index in [2.05, 4.69) is 15.5 Å². The van der Waals surface area contributed by atoms with Crippen molar-refractivity contribution >= 4 is 38.3 Å². The summed E-state index contributed by atoms with van der Waals surface area (Å²) in [5, 5.41) is 12.4. The Balaban J connectivity index is 1.33. The number of aromatic nitrogens is 2. The summed E-state index contributed by atoms with van der Waals surface area (Å²) in [6, 6.07) is 14.9. The van der Waals surface area contributed by atoms with Crippen molar-refractivity contribution < 1.29 is 17.9 Å². The average Bonchev–Trinajstić information content (AvgIpc) is 3.30. The smallest absolute Gasteiger partial charge is 0.243 e. The van der Waals surface area contributed by atoms with Crippen molar-refractivity contribution in [3.63, 3.8) is 0 Å². The van der Waals surface area contributed by atoms with Crippen LogP contribution in [0.1, 0.15) is 11.1 Å². The quantitative estimate of drug-likeness (QED) is 0.454. The van der Waals surface area contributed by atoms with Crippen LogP contribution < -0.4 is 10.1 Å². The maximum absolute atomic E-state index is 12.9. The lowest BCUT2D eigenvalue weighted by atomic mass is 10.2. The summed E-state index contributed by atoms with van der Waals surface area (Å²) in [7, 11) is -1.85. The lowest BCUT2D eigenvalue weighted by molar-refractivity contribution is 0.0730. The normalized spacial score (nSPS) is 14.9. The first-order valence-corrected chi connectivity index (χ1v) is 13.3. The molecule has 1 aliphatic rings. The summed E-state index contributed by atoms with van der Waals surface area (Å²) in [5.41, 5.74) is 2.04. The van der Waals surface area contributed by atoms with E-state index in [-0.39, 0.29) is 0 Å². The van der Waals surface area contributed by atoms with E-state index in [1.54, 1.807) is 25.3 Å². The van der Waals surface area contributed by atoms with Gasteiger partial charge in [0.05, 0.1) is 25.2 Å². The van der Waals surface area contributed by atoms with Crippen molar-refractivity contribution in [2.45, 2.75) is 21.5 Å². The van der Waals surface area contributed by atoms with Crippen molar-refractivity contribution in [1.29, 1.82) is 0 Å². The molecule has 0 amide bonds. The van der Waals surface area contributed by atoms with Gasteiger partial charge in [-0.05, 0) is 35.4 Å². The van der Waals surface area contributed by atoms with Crippen LogP contribution in [0.15, 0.2) is 57.8 Å². The number of nitrogens with one attached hydrogen (secondary N) is 1. The lowest BCUT2D eigenvalue weighted by Gasteiger charge is -2.26. The fourth-order valence-corrected chi connectivity index (χ4v) is 6.31. The first-order chi connectivity index (χ1) is 15.5.